The number of anilines is 1. The Morgan fingerprint density at radius 3 is 2.69 bits per heavy atom. The van der Waals surface area contributed by atoms with E-state index >= 15 is 0 Å². The van der Waals surface area contributed by atoms with Crippen molar-refractivity contribution >= 4 is 22.7 Å². The summed E-state index contributed by atoms with van der Waals surface area (Å²) in [5.74, 6) is 0.186. The van der Waals surface area contributed by atoms with Gasteiger partial charge in [0.2, 0.25) is 5.89 Å². The molecule has 0 bridgehead atoms. The average Bonchev–Trinajstić information content (AvgIpc) is 3.28. The topological polar surface area (TPSA) is 96.7 Å². The van der Waals surface area contributed by atoms with E-state index in [9.17, 15) is 4.79 Å². The highest BCUT2D eigenvalue weighted by molar-refractivity contribution is 6.03. The first-order valence-corrected chi connectivity index (χ1v) is 7.85. The van der Waals surface area contributed by atoms with E-state index in [0.717, 1.165) is 5.56 Å². The molecule has 126 valence electrons. The zero-order chi connectivity index (χ0) is 18.1. The highest BCUT2D eigenvalue weighted by Crippen LogP contribution is 2.27. The molecule has 0 saturated heterocycles. The van der Waals surface area contributed by atoms with Crippen molar-refractivity contribution in [3.63, 3.8) is 0 Å². The first-order chi connectivity index (χ1) is 12.7. The number of nitrogens with one attached hydrogen (secondary N) is 1. The van der Waals surface area contributed by atoms with Crippen LogP contribution in [-0.2, 0) is 7.05 Å². The van der Waals surface area contributed by atoms with Crippen molar-refractivity contribution in [2.45, 2.75) is 0 Å². The van der Waals surface area contributed by atoms with Crippen LogP contribution in [0.15, 0.2) is 59.1 Å². The molecule has 4 rings (SSSR count). The molecule has 0 spiro atoms. The van der Waals surface area contributed by atoms with E-state index in [-0.39, 0.29) is 5.91 Å². The molecule has 7 nitrogen and oxygen atoms in total. The molecular weight excluding hydrogens is 330 g/mol. The lowest BCUT2D eigenvalue weighted by atomic mass is 10.2. The van der Waals surface area contributed by atoms with Gasteiger partial charge in [0, 0.05) is 24.5 Å². The lowest BCUT2D eigenvalue weighted by Crippen LogP contribution is -2.15. The SMILES string of the molecule is Cn1nccc1C(=O)Nc1ccc(-c2nc3cccc(C#N)c3o2)cc1. The summed E-state index contributed by atoms with van der Waals surface area (Å²) in [4.78, 5) is 16.6. The fourth-order valence-electron chi connectivity index (χ4n) is 2.65. The minimum atomic E-state index is -0.238. The number of nitrogens with zero attached hydrogens (tertiary/aromatic N) is 4. The summed E-state index contributed by atoms with van der Waals surface area (Å²) in [7, 11) is 1.71. The van der Waals surface area contributed by atoms with Crippen molar-refractivity contribution < 1.29 is 9.21 Å². The van der Waals surface area contributed by atoms with E-state index in [1.807, 2.05) is 0 Å². The number of nitriles is 1. The number of fused-ring (bicyclic) bond motifs is 1. The van der Waals surface area contributed by atoms with Crippen LogP contribution in [0.4, 0.5) is 5.69 Å². The standard InChI is InChI=1S/C19H13N5O2/c1-24-16(9-10-21-24)18(25)22-14-7-5-12(6-8-14)19-23-15-4-2-3-13(11-20)17(15)26-19/h2-10H,1H3,(H,22,25). The number of para-hydroxylation sites is 1. The van der Waals surface area contributed by atoms with Gasteiger partial charge in [-0.3, -0.25) is 9.48 Å². The molecule has 4 aromatic rings. The third-order valence-corrected chi connectivity index (χ3v) is 3.98. The molecule has 0 unspecified atom stereocenters. The molecule has 0 saturated carbocycles. The number of aryl methyl sites for hydroxylation is 1. The number of hydrogen-bond acceptors (Lipinski definition) is 5. The third kappa shape index (κ3) is 2.70. The van der Waals surface area contributed by atoms with Crippen molar-refractivity contribution in [3.05, 3.63) is 66.0 Å². The van der Waals surface area contributed by atoms with Gasteiger partial charge in [0.05, 0.1) is 5.56 Å². The molecule has 0 aliphatic carbocycles. The molecule has 2 aromatic carbocycles. The van der Waals surface area contributed by atoms with E-state index < -0.39 is 0 Å². The zero-order valence-electron chi connectivity index (χ0n) is 13.8. The fourth-order valence-corrected chi connectivity index (χ4v) is 2.65. The van der Waals surface area contributed by atoms with Crippen LogP contribution in [0.3, 0.4) is 0 Å². The van der Waals surface area contributed by atoms with E-state index in [1.165, 1.54) is 4.68 Å². The first-order valence-electron chi connectivity index (χ1n) is 7.85. The Balaban J connectivity index is 1.59. The van der Waals surface area contributed by atoms with Crippen molar-refractivity contribution in [2.24, 2.45) is 7.05 Å². The van der Waals surface area contributed by atoms with Crippen LogP contribution in [0.25, 0.3) is 22.6 Å². The van der Waals surface area contributed by atoms with Gasteiger partial charge in [-0.2, -0.15) is 10.4 Å². The van der Waals surface area contributed by atoms with Crippen LogP contribution in [0.2, 0.25) is 0 Å². The van der Waals surface area contributed by atoms with Crippen molar-refractivity contribution in [1.29, 1.82) is 5.26 Å². The van der Waals surface area contributed by atoms with E-state index in [1.54, 1.807) is 61.8 Å². The van der Waals surface area contributed by atoms with Crippen LogP contribution in [0.5, 0.6) is 0 Å². The van der Waals surface area contributed by atoms with Crippen LogP contribution < -0.4 is 5.32 Å². The van der Waals surface area contributed by atoms with Gasteiger partial charge in [0.25, 0.3) is 5.91 Å². The second kappa shape index (κ2) is 6.18. The molecule has 1 amide bonds. The fraction of sp³-hybridized carbons (Fsp3) is 0.0526. The van der Waals surface area contributed by atoms with Crippen LogP contribution >= 0.6 is 0 Å². The summed E-state index contributed by atoms with van der Waals surface area (Å²) in [6, 6.07) is 16.1. The Labute approximate surface area is 148 Å². The number of oxazole rings is 1. The van der Waals surface area contributed by atoms with Gasteiger partial charge in [0.15, 0.2) is 5.58 Å². The normalized spacial score (nSPS) is 10.6. The second-order valence-corrected chi connectivity index (χ2v) is 5.66. The maximum absolute atomic E-state index is 12.2. The Morgan fingerprint density at radius 2 is 2.00 bits per heavy atom. The molecule has 0 aliphatic heterocycles. The number of carbonyl (C=O) groups is 1. The second-order valence-electron chi connectivity index (χ2n) is 5.66. The van der Waals surface area contributed by atoms with Crippen LogP contribution in [0, 0.1) is 11.3 Å². The number of rotatable bonds is 3. The van der Waals surface area contributed by atoms with Crippen LogP contribution in [0.1, 0.15) is 16.1 Å². The third-order valence-electron chi connectivity index (χ3n) is 3.98. The first kappa shape index (κ1) is 15.6. The molecule has 0 fully saturated rings. The summed E-state index contributed by atoms with van der Waals surface area (Å²) >= 11 is 0. The van der Waals surface area contributed by atoms with Crippen LogP contribution in [-0.4, -0.2) is 20.7 Å². The maximum atomic E-state index is 12.2. The summed E-state index contributed by atoms with van der Waals surface area (Å²) in [5.41, 5.74) is 3.42. The minimum Gasteiger partial charge on any atom is -0.435 e. The summed E-state index contributed by atoms with van der Waals surface area (Å²) < 4.78 is 7.25. The number of aromatic nitrogens is 3. The lowest BCUT2D eigenvalue weighted by molar-refractivity contribution is 0.101. The molecular formula is C19H13N5O2. The van der Waals surface area contributed by atoms with Gasteiger partial charge in [-0.15, -0.1) is 0 Å². The summed E-state index contributed by atoms with van der Waals surface area (Å²) in [5, 5.41) is 15.9. The quantitative estimate of drug-likeness (QED) is 0.615. The maximum Gasteiger partial charge on any atom is 0.273 e. The summed E-state index contributed by atoms with van der Waals surface area (Å²) in [6.45, 7) is 0. The van der Waals surface area contributed by atoms with Crippen molar-refractivity contribution in [1.82, 2.24) is 14.8 Å². The smallest absolute Gasteiger partial charge is 0.273 e. The number of amides is 1. The largest absolute Gasteiger partial charge is 0.435 e. The van der Waals surface area contributed by atoms with Gasteiger partial charge in [-0.25, -0.2) is 4.98 Å². The predicted molar refractivity (Wildman–Crippen MR) is 95.3 cm³/mol. The summed E-state index contributed by atoms with van der Waals surface area (Å²) in [6.07, 6.45) is 1.57. The molecule has 0 atom stereocenters. The zero-order valence-corrected chi connectivity index (χ0v) is 13.8. The predicted octanol–water partition coefficient (Wildman–Crippen LogP) is 3.35. The van der Waals surface area contributed by atoms with Gasteiger partial charge in [-0.05, 0) is 42.5 Å². The Bertz CT molecular complexity index is 1150. The van der Waals surface area contributed by atoms with Gasteiger partial charge >= 0.3 is 0 Å². The van der Waals surface area contributed by atoms with Gasteiger partial charge in [0.1, 0.15) is 17.3 Å². The van der Waals surface area contributed by atoms with E-state index in [2.05, 4.69) is 21.5 Å². The van der Waals surface area contributed by atoms with Gasteiger partial charge in [-0.1, -0.05) is 6.07 Å². The Kier molecular flexibility index (Phi) is 3.71. The number of carbonyl (C=O) groups excluding carboxylic acids is 1. The number of benzene rings is 2. The molecule has 1 N–H and O–H groups in total. The molecule has 26 heavy (non-hydrogen) atoms. The molecule has 7 heteroatoms. The molecule has 2 heterocycles. The molecule has 0 aliphatic rings. The Morgan fingerprint density at radius 1 is 1.19 bits per heavy atom. The average molecular weight is 343 g/mol. The highest BCUT2D eigenvalue weighted by atomic mass is 16.3. The molecule has 0 radical (unpaired) electrons. The van der Waals surface area contributed by atoms with Crippen molar-refractivity contribution in [2.75, 3.05) is 5.32 Å². The van der Waals surface area contributed by atoms with Crippen molar-refractivity contribution in [3.8, 4) is 17.5 Å². The monoisotopic (exact) mass is 343 g/mol. The van der Waals surface area contributed by atoms with Gasteiger partial charge < -0.3 is 9.73 Å². The number of hydrogen-bond donors (Lipinski definition) is 1. The lowest BCUT2D eigenvalue weighted by Gasteiger charge is -2.05. The minimum absolute atomic E-state index is 0.238. The Hall–Kier alpha value is -3.92. The highest BCUT2D eigenvalue weighted by Gasteiger charge is 2.13. The molecule has 2 aromatic heterocycles. The van der Waals surface area contributed by atoms with E-state index in [0.29, 0.717) is 33.9 Å². The van der Waals surface area contributed by atoms with E-state index in [4.69, 9.17) is 9.68 Å².